The third-order valence-corrected chi connectivity index (χ3v) is 1.77. The first kappa shape index (κ1) is 9.04. The van der Waals surface area contributed by atoms with Crippen molar-refractivity contribution in [2.75, 3.05) is 0 Å². The van der Waals surface area contributed by atoms with Crippen molar-refractivity contribution in [1.29, 1.82) is 0 Å². The van der Waals surface area contributed by atoms with Gasteiger partial charge in [-0.2, -0.15) is 0 Å². The Labute approximate surface area is 71.9 Å². The predicted octanol–water partition coefficient (Wildman–Crippen LogP) is 2.83. The molecule has 0 saturated heterocycles. The summed E-state index contributed by atoms with van der Waals surface area (Å²) in [4.78, 5) is 0. The lowest BCUT2D eigenvalue weighted by Gasteiger charge is -2.19. The molecule has 0 heterocycles. The van der Waals surface area contributed by atoms with Gasteiger partial charge in [0, 0.05) is 6.07 Å². The minimum Gasteiger partial charge on any atom is -0.508 e. The van der Waals surface area contributed by atoms with Gasteiger partial charge in [0.25, 0.3) is 0 Å². The Morgan fingerprint density at radius 3 is 2.25 bits per heavy atom. The van der Waals surface area contributed by atoms with E-state index in [0.29, 0.717) is 0 Å². The maximum Gasteiger partial charge on any atom is 0.126 e. The predicted molar refractivity (Wildman–Crippen MR) is 46.8 cm³/mol. The van der Waals surface area contributed by atoms with Crippen molar-refractivity contribution in [3.8, 4) is 5.75 Å². The Balaban J connectivity index is 3.19. The maximum atomic E-state index is 12.6. The Hall–Kier alpha value is -1.05. The zero-order valence-corrected chi connectivity index (χ0v) is 7.56. The van der Waals surface area contributed by atoms with Crippen molar-refractivity contribution in [2.45, 2.75) is 26.2 Å². The molecule has 0 radical (unpaired) electrons. The smallest absolute Gasteiger partial charge is 0.126 e. The highest BCUT2D eigenvalue weighted by Crippen LogP contribution is 2.30. The zero-order valence-electron chi connectivity index (χ0n) is 7.56. The average Bonchev–Trinajstić information content (AvgIpc) is 1.83. The summed E-state index contributed by atoms with van der Waals surface area (Å²) in [6.45, 7) is 5.92. The molecule has 12 heavy (non-hydrogen) atoms. The van der Waals surface area contributed by atoms with E-state index in [9.17, 15) is 9.50 Å². The second-order valence-electron chi connectivity index (χ2n) is 3.91. The van der Waals surface area contributed by atoms with Crippen LogP contribution in [0.1, 0.15) is 26.3 Å². The van der Waals surface area contributed by atoms with Gasteiger partial charge in [-0.15, -0.1) is 0 Å². The van der Waals surface area contributed by atoms with Gasteiger partial charge in [0.05, 0.1) is 0 Å². The quantitative estimate of drug-likeness (QED) is 0.631. The van der Waals surface area contributed by atoms with Gasteiger partial charge < -0.3 is 5.11 Å². The monoisotopic (exact) mass is 168 g/mol. The Kier molecular flexibility index (Phi) is 2.09. The highest BCUT2D eigenvalue weighted by Gasteiger charge is 2.17. The second kappa shape index (κ2) is 2.77. The lowest BCUT2D eigenvalue weighted by molar-refractivity contribution is 0.441. The van der Waals surface area contributed by atoms with E-state index < -0.39 is 5.82 Å². The number of rotatable bonds is 0. The van der Waals surface area contributed by atoms with Crippen LogP contribution in [0.25, 0.3) is 0 Å². The summed E-state index contributed by atoms with van der Waals surface area (Å²) in [7, 11) is 0. The molecule has 0 atom stereocenters. The van der Waals surface area contributed by atoms with Gasteiger partial charge in [-0.3, -0.25) is 0 Å². The van der Waals surface area contributed by atoms with E-state index in [2.05, 4.69) is 0 Å². The molecule has 0 spiro atoms. The summed E-state index contributed by atoms with van der Waals surface area (Å²) in [6, 6.07) is 4.12. The van der Waals surface area contributed by atoms with Crippen molar-refractivity contribution in [3.05, 3.63) is 29.6 Å². The summed E-state index contributed by atoms with van der Waals surface area (Å²) >= 11 is 0. The van der Waals surface area contributed by atoms with Crippen LogP contribution < -0.4 is 0 Å². The minimum atomic E-state index is -0.402. The van der Waals surface area contributed by atoms with E-state index in [1.807, 2.05) is 20.8 Å². The van der Waals surface area contributed by atoms with Crippen molar-refractivity contribution in [1.82, 2.24) is 0 Å². The number of hydrogen-bond acceptors (Lipinski definition) is 1. The molecule has 0 amide bonds. The van der Waals surface area contributed by atoms with Crippen LogP contribution in [-0.4, -0.2) is 5.11 Å². The van der Waals surface area contributed by atoms with Crippen LogP contribution >= 0.6 is 0 Å². The summed E-state index contributed by atoms with van der Waals surface area (Å²) < 4.78 is 12.6. The van der Waals surface area contributed by atoms with Crippen LogP contribution in [-0.2, 0) is 5.41 Å². The standard InChI is InChI=1S/C10H13FO/c1-10(2,3)8-5-4-7(11)6-9(8)12/h4-6,12H,1-3H3. The molecular formula is C10H13FO. The van der Waals surface area contributed by atoms with Crippen LogP contribution in [0.3, 0.4) is 0 Å². The van der Waals surface area contributed by atoms with Crippen LogP contribution in [0.2, 0.25) is 0 Å². The fourth-order valence-electron chi connectivity index (χ4n) is 1.14. The number of aromatic hydroxyl groups is 1. The Morgan fingerprint density at radius 1 is 1.25 bits per heavy atom. The van der Waals surface area contributed by atoms with E-state index in [0.717, 1.165) is 11.6 Å². The molecule has 1 aromatic carbocycles. The molecule has 0 saturated carbocycles. The van der Waals surface area contributed by atoms with Gasteiger partial charge in [-0.05, 0) is 17.0 Å². The maximum absolute atomic E-state index is 12.6. The van der Waals surface area contributed by atoms with Crippen LogP contribution in [0.5, 0.6) is 5.75 Å². The SMILES string of the molecule is CC(C)(C)c1ccc(F)cc1O. The molecule has 66 valence electrons. The summed E-state index contributed by atoms with van der Waals surface area (Å²) in [5.74, 6) is -0.372. The number of benzene rings is 1. The van der Waals surface area contributed by atoms with Gasteiger partial charge in [0.2, 0.25) is 0 Å². The Morgan fingerprint density at radius 2 is 1.83 bits per heavy atom. The van der Waals surface area contributed by atoms with E-state index in [1.54, 1.807) is 6.07 Å². The van der Waals surface area contributed by atoms with Crippen molar-refractivity contribution < 1.29 is 9.50 Å². The van der Waals surface area contributed by atoms with Gasteiger partial charge in [-0.1, -0.05) is 26.8 Å². The van der Waals surface area contributed by atoms with Gasteiger partial charge >= 0.3 is 0 Å². The minimum absolute atomic E-state index is 0.0301. The van der Waals surface area contributed by atoms with E-state index in [-0.39, 0.29) is 11.2 Å². The number of phenols is 1. The highest BCUT2D eigenvalue weighted by molar-refractivity contribution is 5.37. The summed E-state index contributed by atoms with van der Waals surface area (Å²) in [5.41, 5.74) is 0.626. The largest absolute Gasteiger partial charge is 0.508 e. The fourth-order valence-corrected chi connectivity index (χ4v) is 1.14. The summed E-state index contributed by atoms with van der Waals surface area (Å²) in [5, 5.41) is 9.39. The van der Waals surface area contributed by atoms with Crippen LogP contribution in [0.4, 0.5) is 4.39 Å². The summed E-state index contributed by atoms with van der Waals surface area (Å²) in [6.07, 6.45) is 0. The molecule has 2 heteroatoms. The number of phenolic OH excluding ortho intramolecular Hbond substituents is 1. The molecule has 0 aliphatic carbocycles. The molecule has 0 aliphatic heterocycles. The first-order chi connectivity index (χ1) is 5.41. The molecule has 0 aliphatic rings. The molecule has 1 N–H and O–H groups in total. The fraction of sp³-hybridized carbons (Fsp3) is 0.400. The van der Waals surface area contributed by atoms with Gasteiger partial charge in [-0.25, -0.2) is 4.39 Å². The first-order valence-corrected chi connectivity index (χ1v) is 3.90. The molecule has 1 rings (SSSR count). The van der Waals surface area contributed by atoms with Crippen LogP contribution in [0, 0.1) is 5.82 Å². The number of halogens is 1. The molecule has 0 bridgehead atoms. The zero-order chi connectivity index (χ0) is 9.35. The third-order valence-electron chi connectivity index (χ3n) is 1.77. The van der Waals surface area contributed by atoms with E-state index in [1.165, 1.54) is 6.07 Å². The van der Waals surface area contributed by atoms with Crippen molar-refractivity contribution >= 4 is 0 Å². The third kappa shape index (κ3) is 1.76. The molecule has 0 unspecified atom stereocenters. The van der Waals surface area contributed by atoms with E-state index in [4.69, 9.17) is 0 Å². The molecule has 1 aromatic rings. The van der Waals surface area contributed by atoms with Crippen LogP contribution in [0.15, 0.2) is 18.2 Å². The van der Waals surface area contributed by atoms with Gasteiger partial charge in [0.1, 0.15) is 11.6 Å². The first-order valence-electron chi connectivity index (χ1n) is 3.90. The molecular weight excluding hydrogens is 155 g/mol. The second-order valence-corrected chi connectivity index (χ2v) is 3.91. The average molecular weight is 168 g/mol. The highest BCUT2D eigenvalue weighted by atomic mass is 19.1. The lowest BCUT2D eigenvalue weighted by atomic mass is 9.86. The van der Waals surface area contributed by atoms with Crippen molar-refractivity contribution in [3.63, 3.8) is 0 Å². The Bertz CT molecular complexity index is 286. The molecule has 0 fully saturated rings. The topological polar surface area (TPSA) is 20.2 Å². The normalized spacial score (nSPS) is 11.7. The van der Waals surface area contributed by atoms with Crippen molar-refractivity contribution in [2.24, 2.45) is 0 Å². The lowest BCUT2D eigenvalue weighted by Crippen LogP contribution is -2.11. The van der Waals surface area contributed by atoms with Gasteiger partial charge in [0.15, 0.2) is 0 Å². The molecule has 0 aromatic heterocycles. The molecule has 1 nitrogen and oxygen atoms in total. The van der Waals surface area contributed by atoms with E-state index >= 15 is 0 Å². The number of hydrogen-bond donors (Lipinski definition) is 1.